The van der Waals surface area contributed by atoms with E-state index in [0.29, 0.717) is 30.2 Å². The quantitative estimate of drug-likeness (QED) is 0.853. The maximum Gasteiger partial charge on any atom is 0.406 e. The zero-order valence-corrected chi connectivity index (χ0v) is 14.9. The molecule has 2 aromatic rings. The molecular formula is C18H19F3N4O2. The molecule has 3 rings (SSSR count). The van der Waals surface area contributed by atoms with E-state index in [4.69, 9.17) is 0 Å². The Kier molecular flexibility index (Phi) is 4.86. The molecule has 0 aliphatic carbocycles. The largest absolute Gasteiger partial charge is 0.406 e. The van der Waals surface area contributed by atoms with E-state index in [9.17, 15) is 22.8 Å². The Morgan fingerprint density at radius 1 is 1.26 bits per heavy atom. The molecule has 0 bridgehead atoms. The third-order valence-electron chi connectivity index (χ3n) is 4.43. The van der Waals surface area contributed by atoms with Gasteiger partial charge >= 0.3 is 12.2 Å². The third-order valence-corrected chi connectivity index (χ3v) is 4.43. The molecule has 27 heavy (non-hydrogen) atoms. The second-order valence-electron chi connectivity index (χ2n) is 6.37. The van der Waals surface area contributed by atoms with E-state index in [1.54, 1.807) is 29.2 Å². The lowest BCUT2D eigenvalue weighted by molar-refractivity contribution is -0.141. The molecular weight excluding hydrogens is 361 g/mol. The number of alkyl halides is 3. The van der Waals surface area contributed by atoms with Crippen LogP contribution in [0.5, 0.6) is 0 Å². The van der Waals surface area contributed by atoms with Gasteiger partial charge in [0.2, 0.25) is 0 Å². The highest BCUT2D eigenvalue weighted by Gasteiger charge is 2.30. The van der Waals surface area contributed by atoms with Crippen LogP contribution in [0, 0.1) is 13.8 Å². The first-order valence-electron chi connectivity index (χ1n) is 8.36. The zero-order valence-electron chi connectivity index (χ0n) is 14.9. The fourth-order valence-corrected chi connectivity index (χ4v) is 3.12. The summed E-state index contributed by atoms with van der Waals surface area (Å²) in [7, 11) is 0. The summed E-state index contributed by atoms with van der Waals surface area (Å²) in [6.07, 6.45) is -4.37. The van der Waals surface area contributed by atoms with Crippen molar-refractivity contribution in [3.63, 3.8) is 0 Å². The molecule has 1 saturated heterocycles. The van der Waals surface area contributed by atoms with E-state index < -0.39 is 18.6 Å². The molecule has 1 aromatic heterocycles. The van der Waals surface area contributed by atoms with Gasteiger partial charge in [0.05, 0.1) is 5.56 Å². The van der Waals surface area contributed by atoms with Gasteiger partial charge in [-0.05, 0) is 38.1 Å². The van der Waals surface area contributed by atoms with Crippen LogP contribution in [-0.2, 0) is 6.54 Å². The van der Waals surface area contributed by atoms with Crippen LogP contribution in [0.25, 0.3) is 0 Å². The Labute approximate surface area is 154 Å². The van der Waals surface area contributed by atoms with Crippen molar-refractivity contribution in [3.8, 4) is 0 Å². The molecule has 0 unspecified atom stereocenters. The summed E-state index contributed by atoms with van der Waals surface area (Å²) in [4.78, 5) is 25.9. The van der Waals surface area contributed by atoms with E-state index in [1.807, 2.05) is 0 Å². The number of carbonyl (C=O) groups excluding carboxylic acids is 2. The fraction of sp³-hybridized carbons (Fsp3) is 0.333. The smallest absolute Gasteiger partial charge is 0.339 e. The van der Waals surface area contributed by atoms with Crippen molar-refractivity contribution in [2.24, 2.45) is 0 Å². The van der Waals surface area contributed by atoms with Crippen LogP contribution in [0.15, 0.2) is 30.3 Å². The maximum atomic E-state index is 12.7. The van der Waals surface area contributed by atoms with Gasteiger partial charge in [-0.25, -0.2) is 4.79 Å². The molecule has 0 atom stereocenters. The van der Waals surface area contributed by atoms with Crippen molar-refractivity contribution in [1.29, 1.82) is 0 Å². The van der Waals surface area contributed by atoms with E-state index in [1.165, 1.54) is 19.9 Å². The predicted molar refractivity (Wildman–Crippen MR) is 95.1 cm³/mol. The molecule has 2 heterocycles. The van der Waals surface area contributed by atoms with Crippen LogP contribution in [0.4, 0.5) is 29.3 Å². The highest BCUT2D eigenvalue weighted by Crippen LogP contribution is 2.25. The topological polar surface area (TPSA) is 66.4 Å². The van der Waals surface area contributed by atoms with Gasteiger partial charge in [-0.3, -0.25) is 9.69 Å². The Hall–Kier alpha value is -2.97. The van der Waals surface area contributed by atoms with Crippen molar-refractivity contribution in [3.05, 3.63) is 47.3 Å². The number of aryl methyl sites for hydroxylation is 1. The predicted octanol–water partition coefficient (Wildman–Crippen LogP) is 3.45. The van der Waals surface area contributed by atoms with Crippen molar-refractivity contribution in [2.45, 2.75) is 26.6 Å². The normalized spacial score (nSPS) is 14.4. The molecule has 0 spiro atoms. The number of anilines is 2. The standard InChI is InChI=1S/C18H19F3N4O2/c1-11-8-15(12(2)25(11)10-18(19,20)21)16(26)23-13-4-3-5-14(9-13)24-7-6-22-17(24)27/h3-5,8-9H,6-7,10H2,1-2H3,(H,22,27)(H,23,26). The van der Waals surface area contributed by atoms with Crippen molar-refractivity contribution < 1.29 is 22.8 Å². The summed E-state index contributed by atoms with van der Waals surface area (Å²) in [5.41, 5.74) is 1.87. The van der Waals surface area contributed by atoms with Crippen molar-refractivity contribution in [1.82, 2.24) is 9.88 Å². The molecule has 1 aliphatic heterocycles. The molecule has 1 aliphatic rings. The number of nitrogens with zero attached hydrogens (tertiary/aromatic N) is 2. The minimum atomic E-state index is -4.37. The molecule has 1 aromatic carbocycles. The Morgan fingerprint density at radius 2 is 2.00 bits per heavy atom. The van der Waals surface area contributed by atoms with Gasteiger partial charge in [0, 0.05) is 35.9 Å². The molecule has 2 N–H and O–H groups in total. The lowest BCUT2D eigenvalue weighted by Crippen LogP contribution is -2.27. The number of hydrogen-bond acceptors (Lipinski definition) is 2. The molecule has 0 saturated carbocycles. The number of hydrogen-bond donors (Lipinski definition) is 2. The monoisotopic (exact) mass is 380 g/mol. The van der Waals surface area contributed by atoms with E-state index in [2.05, 4.69) is 10.6 Å². The van der Waals surface area contributed by atoms with Gasteiger partial charge in [0.15, 0.2) is 0 Å². The average molecular weight is 380 g/mol. The van der Waals surface area contributed by atoms with E-state index in [-0.39, 0.29) is 17.3 Å². The van der Waals surface area contributed by atoms with Crippen LogP contribution in [0.1, 0.15) is 21.7 Å². The van der Waals surface area contributed by atoms with Gasteiger partial charge in [-0.15, -0.1) is 0 Å². The minimum absolute atomic E-state index is 0.182. The van der Waals surface area contributed by atoms with Crippen LogP contribution in [0.3, 0.4) is 0 Å². The number of benzene rings is 1. The first-order chi connectivity index (χ1) is 12.7. The summed E-state index contributed by atoms with van der Waals surface area (Å²) in [5.74, 6) is -0.500. The summed E-state index contributed by atoms with van der Waals surface area (Å²) < 4.78 is 39.2. The van der Waals surface area contributed by atoms with Gasteiger partial charge in [-0.2, -0.15) is 13.2 Å². The van der Waals surface area contributed by atoms with Crippen LogP contribution < -0.4 is 15.5 Å². The SMILES string of the molecule is Cc1cc(C(=O)Nc2cccc(N3CCNC3=O)c2)c(C)n1CC(F)(F)F. The van der Waals surface area contributed by atoms with Crippen molar-refractivity contribution in [2.75, 3.05) is 23.3 Å². The fourth-order valence-electron chi connectivity index (χ4n) is 3.12. The summed E-state index contributed by atoms with van der Waals surface area (Å²) in [6.45, 7) is 2.94. The van der Waals surface area contributed by atoms with Crippen LogP contribution in [0.2, 0.25) is 0 Å². The van der Waals surface area contributed by atoms with Crippen molar-refractivity contribution >= 4 is 23.3 Å². The maximum absolute atomic E-state index is 12.7. The van der Waals surface area contributed by atoms with Gasteiger partial charge in [-0.1, -0.05) is 6.07 Å². The highest BCUT2D eigenvalue weighted by molar-refractivity contribution is 6.05. The molecule has 3 amide bonds. The minimum Gasteiger partial charge on any atom is -0.339 e. The first-order valence-corrected chi connectivity index (χ1v) is 8.36. The first kappa shape index (κ1) is 18.8. The van der Waals surface area contributed by atoms with Gasteiger partial charge < -0.3 is 15.2 Å². The number of urea groups is 1. The number of amides is 3. The van der Waals surface area contributed by atoms with E-state index >= 15 is 0 Å². The summed E-state index contributed by atoms with van der Waals surface area (Å²) in [6, 6.07) is 7.98. The zero-order chi connectivity index (χ0) is 19.8. The van der Waals surface area contributed by atoms with Crippen LogP contribution >= 0.6 is 0 Å². The van der Waals surface area contributed by atoms with Gasteiger partial charge in [0.1, 0.15) is 6.54 Å². The van der Waals surface area contributed by atoms with Gasteiger partial charge in [0.25, 0.3) is 5.91 Å². The third kappa shape index (κ3) is 4.07. The van der Waals surface area contributed by atoms with Crippen LogP contribution in [-0.4, -0.2) is 35.8 Å². The Morgan fingerprint density at radius 3 is 2.63 bits per heavy atom. The number of aromatic nitrogens is 1. The average Bonchev–Trinajstić information content (AvgIpc) is 3.12. The molecule has 144 valence electrons. The molecule has 0 radical (unpaired) electrons. The number of halogens is 3. The number of rotatable bonds is 4. The second kappa shape index (κ2) is 6.98. The summed E-state index contributed by atoms with van der Waals surface area (Å²) >= 11 is 0. The number of carbonyl (C=O) groups is 2. The second-order valence-corrected chi connectivity index (χ2v) is 6.37. The highest BCUT2D eigenvalue weighted by atomic mass is 19.4. The Balaban J connectivity index is 1.80. The lowest BCUT2D eigenvalue weighted by atomic mass is 10.2. The molecule has 6 nitrogen and oxygen atoms in total. The number of nitrogens with one attached hydrogen (secondary N) is 2. The van der Waals surface area contributed by atoms with E-state index in [0.717, 1.165) is 4.57 Å². The summed E-state index contributed by atoms with van der Waals surface area (Å²) in [5, 5.41) is 5.38. The lowest BCUT2D eigenvalue weighted by Gasteiger charge is -2.15. The Bertz CT molecular complexity index is 889. The molecule has 9 heteroatoms. The molecule has 1 fully saturated rings.